The average Bonchev–Trinajstić information content (AvgIpc) is 2.29. The highest BCUT2D eigenvalue weighted by Gasteiger charge is 2.38. The van der Waals surface area contributed by atoms with E-state index >= 15 is 0 Å². The smallest absolute Gasteiger partial charge is 0.220 e. The van der Waals surface area contributed by atoms with Crippen LogP contribution in [0.1, 0.15) is 36.3 Å². The number of Topliss-reactive ketones (excluding diaryl/α,β-unsaturated/α-hetero) is 1. The molecule has 4 heteroatoms. The van der Waals surface area contributed by atoms with Crippen LogP contribution >= 0.6 is 0 Å². The summed E-state index contributed by atoms with van der Waals surface area (Å²) >= 11 is 0. The van der Waals surface area contributed by atoms with E-state index in [9.17, 15) is 14.9 Å². The number of benzene rings is 1. The van der Waals surface area contributed by atoms with Crippen molar-refractivity contribution in [2.24, 2.45) is 0 Å². The molecule has 1 fully saturated rings. The lowest BCUT2D eigenvalue weighted by molar-refractivity contribution is -0.528. The molecule has 0 bridgehead atoms. The maximum Gasteiger partial charge on any atom is 0.220 e. The minimum Gasteiger partial charge on any atom is -0.300 e. The van der Waals surface area contributed by atoms with E-state index in [1.807, 2.05) is 31.2 Å². The number of carbonyl (C=O) groups excluding carboxylic acids is 1. The molecule has 2 rings (SSSR count). The Morgan fingerprint density at radius 2 is 2.06 bits per heavy atom. The predicted molar refractivity (Wildman–Crippen MR) is 63.6 cm³/mol. The molecule has 90 valence electrons. The van der Waals surface area contributed by atoms with Crippen molar-refractivity contribution in [3.8, 4) is 0 Å². The first-order chi connectivity index (χ1) is 8.09. The molecule has 0 aromatic heterocycles. The second kappa shape index (κ2) is 4.65. The molecule has 0 radical (unpaired) electrons. The minimum atomic E-state index is -0.617. The van der Waals surface area contributed by atoms with Crippen LogP contribution in [0.3, 0.4) is 0 Å². The third kappa shape index (κ3) is 2.35. The fourth-order valence-corrected chi connectivity index (χ4v) is 2.57. The van der Waals surface area contributed by atoms with E-state index in [2.05, 4.69) is 0 Å². The van der Waals surface area contributed by atoms with E-state index in [1.54, 1.807) is 0 Å². The molecule has 1 saturated carbocycles. The number of ketones is 1. The highest BCUT2D eigenvalue weighted by molar-refractivity contribution is 5.80. The van der Waals surface area contributed by atoms with Gasteiger partial charge >= 0.3 is 0 Å². The summed E-state index contributed by atoms with van der Waals surface area (Å²) in [5.74, 6) is -0.121. The molecule has 17 heavy (non-hydrogen) atoms. The molecule has 0 heterocycles. The first-order valence-corrected chi connectivity index (χ1v) is 5.80. The standard InChI is InChI=1S/C13H15NO3/c1-9-4-2-3-5-11(9)12-8-10(15)6-7-13(12)14(16)17/h2-5,12-13H,6-8H2,1H3/t12-,13-/m0/s1. The second-order valence-corrected chi connectivity index (χ2v) is 4.60. The maximum absolute atomic E-state index is 11.5. The number of hydrogen-bond acceptors (Lipinski definition) is 3. The van der Waals surface area contributed by atoms with E-state index in [4.69, 9.17) is 0 Å². The second-order valence-electron chi connectivity index (χ2n) is 4.60. The maximum atomic E-state index is 11.5. The van der Waals surface area contributed by atoms with Gasteiger partial charge in [0.25, 0.3) is 0 Å². The lowest BCUT2D eigenvalue weighted by atomic mass is 9.78. The van der Waals surface area contributed by atoms with E-state index in [-0.39, 0.29) is 16.6 Å². The van der Waals surface area contributed by atoms with Gasteiger partial charge in [0.1, 0.15) is 5.78 Å². The molecule has 0 N–H and O–H groups in total. The van der Waals surface area contributed by atoms with Gasteiger partial charge in [0.15, 0.2) is 0 Å². The molecule has 4 nitrogen and oxygen atoms in total. The predicted octanol–water partition coefficient (Wildman–Crippen LogP) is 2.48. The SMILES string of the molecule is Cc1ccccc1[C@@H]1CC(=O)CC[C@@H]1[N+](=O)[O-]. The fraction of sp³-hybridized carbons (Fsp3) is 0.462. The monoisotopic (exact) mass is 233 g/mol. The summed E-state index contributed by atoms with van der Waals surface area (Å²) in [5, 5.41) is 11.1. The van der Waals surface area contributed by atoms with Gasteiger partial charge in [0, 0.05) is 24.2 Å². The zero-order chi connectivity index (χ0) is 12.4. The Hall–Kier alpha value is -1.71. The third-order valence-electron chi connectivity index (χ3n) is 3.49. The minimum absolute atomic E-state index is 0.136. The Labute approximate surface area is 99.8 Å². The highest BCUT2D eigenvalue weighted by Crippen LogP contribution is 2.34. The third-order valence-corrected chi connectivity index (χ3v) is 3.49. The van der Waals surface area contributed by atoms with Crippen molar-refractivity contribution >= 4 is 5.78 Å². The summed E-state index contributed by atoms with van der Waals surface area (Å²) in [6, 6.07) is 7.00. The summed E-state index contributed by atoms with van der Waals surface area (Å²) in [4.78, 5) is 22.3. The van der Waals surface area contributed by atoms with Crippen LogP contribution in [0.15, 0.2) is 24.3 Å². The van der Waals surface area contributed by atoms with E-state index in [0.717, 1.165) is 11.1 Å². The molecule has 1 aromatic carbocycles. The van der Waals surface area contributed by atoms with Crippen LogP contribution in [0, 0.1) is 17.0 Å². The van der Waals surface area contributed by atoms with Gasteiger partial charge in [-0.15, -0.1) is 0 Å². The van der Waals surface area contributed by atoms with Crippen molar-refractivity contribution in [2.75, 3.05) is 0 Å². The molecular weight excluding hydrogens is 218 g/mol. The van der Waals surface area contributed by atoms with Crippen LogP contribution in [-0.4, -0.2) is 16.7 Å². The molecule has 0 saturated heterocycles. The van der Waals surface area contributed by atoms with Gasteiger partial charge in [-0.2, -0.15) is 0 Å². The topological polar surface area (TPSA) is 60.2 Å². The molecule has 1 aliphatic rings. The Balaban J connectivity index is 2.35. The Morgan fingerprint density at radius 1 is 1.35 bits per heavy atom. The van der Waals surface area contributed by atoms with Gasteiger partial charge in [-0.3, -0.25) is 14.9 Å². The number of rotatable bonds is 2. The van der Waals surface area contributed by atoms with Crippen molar-refractivity contribution in [3.05, 3.63) is 45.5 Å². The van der Waals surface area contributed by atoms with E-state index < -0.39 is 6.04 Å². The van der Waals surface area contributed by atoms with Crippen LogP contribution in [0.5, 0.6) is 0 Å². The largest absolute Gasteiger partial charge is 0.300 e. The number of nitrogens with zero attached hydrogens (tertiary/aromatic N) is 1. The number of carbonyl (C=O) groups is 1. The summed E-state index contributed by atoms with van der Waals surface area (Å²) in [6.45, 7) is 1.94. The lowest BCUT2D eigenvalue weighted by Crippen LogP contribution is -2.34. The summed E-state index contributed by atoms with van der Waals surface area (Å²) in [7, 11) is 0. The summed E-state index contributed by atoms with van der Waals surface area (Å²) in [5.41, 5.74) is 1.97. The van der Waals surface area contributed by atoms with Crippen LogP contribution in [0.2, 0.25) is 0 Å². The molecule has 0 aliphatic heterocycles. The average molecular weight is 233 g/mol. The molecule has 1 aliphatic carbocycles. The zero-order valence-electron chi connectivity index (χ0n) is 9.76. The van der Waals surface area contributed by atoms with Gasteiger partial charge in [-0.25, -0.2) is 0 Å². The van der Waals surface area contributed by atoms with Gasteiger partial charge in [0.05, 0.1) is 5.92 Å². The number of nitro groups is 1. The van der Waals surface area contributed by atoms with Crippen LogP contribution in [0.4, 0.5) is 0 Å². The van der Waals surface area contributed by atoms with Gasteiger partial charge in [-0.05, 0) is 18.1 Å². The molecule has 0 spiro atoms. The van der Waals surface area contributed by atoms with Crippen molar-refractivity contribution < 1.29 is 9.72 Å². The van der Waals surface area contributed by atoms with Crippen molar-refractivity contribution in [1.29, 1.82) is 0 Å². The van der Waals surface area contributed by atoms with Crippen LogP contribution in [-0.2, 0) is 4.79 Å². The number of hydrogen-bond donors (Lipinski definition) is 0. The van der Waals surface area contributed by atoms with Gasteiger partial charge in [-0.1, -0.05) is 24.3 Å². The first kappa shape index (κ1) is 11.8. The highest BCUT2D eigenvalue weighted by atomic mass is 16.6. The van der Waals surface area contributed by atoms with Gasteiger partial charge < -0.3 is 0 Å². The summed E-state index contributed by atoms with van der Waals surface area (Å²) in [6.07, 6.45) is 1.01. The fourth-order valence-electron chi connectivity index (χ4n) is 2.57. The van der Waals surface area contributed by atoms with Crippen molar-refractivity contribution in [2.45, 2.75) is 38.1 Å². The van der Waals surface area contributed by atoms with Crippen LogP contribution < -0.4 is 0 Å². The normalized spacial score (nSPS) is 24.6. The lowest BCUT2D eigenvalue weighted by Gasteiger charge is -2.26. The molecule has 2 atom stereocenters. The summed E-state index contributed by atoms with van der Waals surface area (Å²) < 4.78 is 0. The molecular formula is C13H15NO3. The van der Waals surface area contributed by atoms with E-state index in [1.165, 1.54) is 0 Å². The molecule has 0 amide bonds. The van der Waals surface area contributed by atoms with E-state index in [0.29, 0.717) is 19.3 Å². The van der Waals surface area contributed by atoms with Crippen molar-refractivity contribution in [3.63, 3.8) is 0 Å². The molecule has 1 aromatic rings. The zero-order valence-corrected chi connectivity index (χ0v) is 9.76. The Kier molecular flexibility index (Phi) is 3.22. The number of aryl methyl sites for hydroxylation is 1. The Bertz CT molecular complexity index is 456. The Morgan fingerprint density at radius 3 is 2.71 bits per heavy atom. The first-order valence-electron chi connectivity index (χ1n) is 5.80. The van der Waals surface area contributed by atoms with Crippen molar-refractivity contribution in [1.82, 2.24) is 0 Å². The molecule has 0 unspecified atom stereocenters. The van der Waals surface area contributed by atoms with Gasteiger partial charge in [0.2, 0.25) is 6.04 Å². The quantitative estimate of drug-likeness (QED) is 0.582. The van der Waals surface area contributed by atoms with Crippen LogP contribution in [0.25, 0.3) is 0 Å².